The topological polar surface area (TPSA) is 267 Å². The van der Waals surface area contributed by atoms with Gasteiger partial charge in [-0.1, -0.05) is 58.4 Å². The van der Waals surface area contributed by atoms with Crippen LogP contribution in [-0.4, -0.2) is 95.8 Å². The van der Waals surface area contributed by atoms with Crippen molar-refractivity contribution >= 4 is 59.7 Å². The third-order valence-corrected chi connectivity index (χ3v) is 17.7. The van der Waals surface area contributed by atoms with Crippen molar-refractivity contribution < 1.29 is 86.6 Å². The van der Waals surface area contributed by atoms with Crippen LogP contribution in [0.4, 0.5) is 0 Å². The van der Waals surface area contributed by atoms with E-state index in [0.717, 1.165) is 7.11 Å². The molecule has 0 aromatic heterocycles. The highest BCUT2D eigenvalue weighted by molar-refractivity contribution is 6.00. The van der Waals surface area contributed by atoms with Crippen LogP contribution in [0.1, 0.15) is 111 Å². The third kappa shape index (κ3) is 8.87. The maximum absolute atomic E-state index is 14.6. The van der Waals surface area contributed by atoms with Gasteiger partial charge >= 0.3 is 59.7 Å². The number of methoxy groups -OCH3 is 1. The molecule has 6 saturated carbocycles. The summed E-state index contributed by atoms with van der Waals surface area (Å²) in [6.45, 7) is 8.02. The Morgan fingerprint density at radius 2 is 0.971 bits per heavy atom. The number of carboxylic acid groups (broad SMARTS) is 1. The smallest absolute Gasteiger partial charge is 0.317 e. The molecular formula is C52H80O18. The number of rotatable bonds is 11. The molecule has 9 fully saturated rings. The van der Waals surface area contributed by atoms with Crippen LogP contribution in [0.15, 0.2) is 0 Å². The molecule has 22 atom stereocenters. The minimum absolute atomic E-state index is 0. The van der Waals surface area contributed by atoms with E-state index in [4.69, 9.17) is 28.4 Å². The average Bonchev–Trinajstić information content (AvgIpc) is 4.10. The van der Waals surface area contributed by atoms with Crippen molar-refractivity contribution in [2.45, 2.75) is 117 Å². The second-order valence-electron chi connectivity index (χ2n) is 21.3. The molecule has 0 amide bonds. The van der Waals surface area contributed by atoms with E-state index in [-0.39, 0.29) is 94.2 Å². The molecule has 3 aliphatic heterocycles. The van der Waals surface area contributed by atoms with Crippen LogP contribution in [0.3, 0.4) is 0 Å². The SMILES string of the molecule is C.C.C.C.C.C.COC(=O)C1C2CC(C1C(=O)O)C(C1C(=O)OC(=O)C1C)C2C1C(=O)OC(=O)C1C1C2CC(CC2C(=O)OCCO)C1C1C(=O)OC(=O)C1C1C(C)C2CC(C(=O)OC(C)(C)C)C1C2. The average molecular weight is 993 g/mol. The van der Waals surface area contributed by atoms with Gasteiger partial charge in [-0.25, -0.2) is 0 Å². The Balaban J connectivity index is 0.00000216. The van der Waals surface area contributed by atoms with Crippen LogP contribution < -0.4 is 0 Å². The number of aliphatic carboxylic acids is 1. The van der Waals surface area contributed by atoms with Crippen molar-refractivity contribution in [3.05, 3.63) is 0 Å². The number of hydrogen-bond donors (Lipinski definition) is 2. The molecule has 6 bridgehead atoms. The van der Waals surface area contributed by atoms with Crippen LogP contribution in [0.5, 0.6) is 0 Å². The van der Waals surface area contributed by atoms with E-state index in [2.05, 4.69) is 0 Å². The van der Waals surface area contributed by atoms with Gasteiger partial charge < -0.3 is 38.6 Å². The Bertz CT molecular complexity index is 2090. The Morgan fingerprint density at radius 1 is 0.543 bits per heavy atom. The number of aliphatic hydroxyl groups is 1. The molecule has 0 spiro atoms. The summed E-state index contributed by atoms with van der Waals surface area (Å²) in [5.74, 6) is -28.0. The molecule has 0 aromatic rings. The summed E-state index contributed by atoms with van der Waals surface area (Å²) >= 11 is 0. The second kappa shape index (κ2) is 21.2. The highest BCUT2D eigenvalue weighted by Crippen LogP contribution is 2.70. The van der Waals surface area contributed by atoms with Gasteiger partial charge in [0.25, 0.3) is 0 Å². The lowest BCUT2D eigenvalue weighted by Crippen LogP contribution is -2.53. The molecule has 3 heterocycles. The Kier molecular flexibility index (Phi) is 18.0. The van der Waals surface area contributed by atoms with Gasteiger partial charge in [-0.2, -0.15) is 0 Å². The van der Waals surface area contributed by atoms with Gasteiger partial charge in [-0.15, -0.1) is 0 Å². The number of carbonyl (C=O) groups excluding carboxylic acids is 9. The Hall–Kier alpha value is -4.74. The van der Waals surface area contributed by atoms with Gasteiger partial charge in [0, 0.05) is 0 Å². The predicted octanol–water partition coefficient (Wildman–Crippen LogP) is 5.82. The summed E-state index contributed by atoms with van der Waals surface area (Å²) in [5, 5.41) is 20.1. The lowest BCUT2D eigenvalue weighted by atomic mass is 9.53. The van der Waals surface area contributed by atoms with Crippen LogP contribution in [-0.2, 0) is 76.4 Å². The molecule has 18 nitrogen and oxygen atoms in total. The first-order valence-corrected chi connectivity index (χ1v) is 22.8. The zero-order valence-electron chi connectivity index (χ0n) is 36.6. The fraction of sp³-hybridized carbons (Fsp3) is 0.808. The standard InChI is InChI=1S/C46H56O18.6CH4/c1-14-16-9-18(21(10-16)39(52)64-46(3,4)5)24(14)32-33(43(56)62-42(32)55)26-17-11-19(20(12-17)38(51)60-8-7-47)27(26)34-35(45(58)63-44(34)57)29-23-13-22(30(36(48)49)31(23)40(53)59-6)28(29)25-15(2)37(50)61-41(25)54;;;;;;/h14-35,47H,7-13H2,1-6H3,(H,48,49);6*1H4. The van der Waals surface area contributed by atoms with Gasteiger partial charge in [0.2, 0.25) is 0 Å². The van der Waals surface area contributed by atoms with Crippen LogP contribution in [0.2, 0.25) is 0 Å². The van der Waals surface area contributed by atoms with E-state index in [9.17, 15) is 58.2 Å². The first-order chi connectivity index (χ1) is 30.2. The molecule has 0 aromatic carbocycles. The minimum Gasteiger partial charge on any atom is -0.481 e. The normalized spacial score (nSPS) is 42.4. The summed E-state index contributed by atoms with van der Waals surface area (Å²) in [6, 6.07) is 0. The molecule has 0 radical (unpaired) electrons. The van der Waals surface area contributed by atoms with Crippen molar-refractivity contribution in [1.29, 1.82) is 0 Å². The molecule has 9 rings (SSSR count). The molecule has 6 aliphatic carbocycles. The summed E-state index contributed by atoms with van der Waals surface area (Å²) in [6.07, 6.45) is 1.69. The summed E-state index contributed by atoms with van der Waals surface area (Å²) in [5.41, 5.74) is -0.769. The van der Waals surface area contributed by atoms with Gasteiger partial charge in [-0.3, -0.25) is 47.9 Å². The third-order valence-electron chi connectivity index (χ3n) is 17.7. The number of ether oxygens (including phenoxy) is 6. The van der Waals surface area contributed by atoms with Crippen molar-refractivity contribution in [1.82, 2.24) is 0 Å². The fourth-order valence-corrected chi connectivity index (χ4v) is 16.0. The maximum atomic E-state index is 14.6. The molecule has 22 unspecified atom stereocenters. The zero-order chi connectivity index (χ0) is 46.2. The van der Waals surface area contributed by atoms with E-state index in [1.54, 1.807) is 20.8 Å². The number of esters is 9. The highest BCUT2D eigenvalue weighted by atomic mass is 16.6. The summed E-state index contributed by atoms with van der Waals surface area (Å²) in [4.78, 5) is 138. The minimum atomic E-state index is -1.45. The quantitative estimate of drug-likeness (QED) is 0.140. The molecule has 9 aliphatic rings. The number of aliphatic hydroxyl groups excluding tert-OH is 1. The first kappa shape index (κ1) is 59.6. The van der Waals surface area contributed by atoms with Gasteiger partial charge in [0.1, 0.15) is 12.2 Å². The lowest BCUT2D eigenvalue weighted by Gasteiger charge is -2.46. The fourth-order valence-electron chi connectivity index (χ4n) is 16.0. The largest absolute Gasteiger partial charge is 0.481 e. The van der Waals surface area contributed by atoms with E-state index < -0.39 is 178 Å². The molecule has 396 valence electrons. The number of carboxylic acids is 1. The van der Waals surface area contributed by atoms with Gasteiger partial charge in [0.15, 0.2) is 0 Å². The van der Waals surface area contributed by atoms with Crippen molar-refractivity contribution in [3.63, 3.8) is 0 Å². The number of cyclic esters (lactones) is 6. The molecule has 70 heavy (non-hydrogen) atoms. The van der Waals surface area contributed by atoms with Crippen LogP contribution >= 0.6 is 0 Å². The first-order valence-electron chi connectivity index (χ1n) is 22.8. The van der Waals surface area contributed by atoms with Crippen molar-refractivity contribution in [2.75, 3.05) is 20.3 Å². The van der Waals surface area contributed by atoms with E-state index in [1.807, 2.05) is 6.92 Å². The molecule has 18 heteroatoms. The molecular weight excluding hydrogens is 913 g/mol. The highest BCUT2D eigenvalue weighted by Gasteiger charge is 2.75. The Labute approximate surface area is 412 Å². The zero-order valence-corrected chi connectivity index (χ0v) is 36.6. The van der Waals surface area contributed by atoms with E-state index >= 15 is 0 Å². The van der Waals surface area contributed by atoms with Gasteiger partial charge in [-0.05, 0) is 124 Å². The summed E-state index contributed by atoms with van der Waals surface area (Å²) < 4.78 is 32.5. The number of carbonyl (C=O) groups is 10. The molecule has 3 saturated heterocycles. The van der Waals surface area contributed by atoms with Crippen LogP contribution in [0, 0.1) is 130 Å². The van der Waals surface area contributed by atoms with E-state index in [1.165, 1.54) is 6.92 Å². The van der Waals surface area contributed by atoms with Crippen molar-refractivity contribution in [3.8, 4) is 0 Å². The summed E-state index contributed by atoms with van der Waals surface area (Å²) in [7, 11) is 1.10. The molecule has 2 N–H and O–H groups in total. The maximum Gasteiger partial charge on any atom is 0.317 e. The van der Waals surface area contributed by atoms with E-state index in [0.29, 0.717) is 12.8 Å². The number of hydrogen-bond acceptors (Lipinski definition) is 17. The van der Waals surface area contributed by atoms with Gasteiger partial charge in [0.05, 0.1) is 72.9 Å². The predicted molar refractivity (Wildman–Crippen MR) is 248 cm³/mol. The van der Waals surface area contributed by atoms with Crippen LogP contribution in [0.25, 0.3) is 0 Å². The lowest BCUT2D eigenvalue weighted by molar-refractivity contribution is -0.167. The number of fused-ring (bicyclic) bond motifs is 6. The Morgan fingerprint density at radius 3 is 1.46 bits per heavy atom. The monoisotopic (exact) mass is 993 g/mol. The van der Waals surface area contributed by atoms with Crippen molar-refractivity contribution in [2.24, 2.45) is 130 Å². The second-order valence-corrected chi connectivity index (χ2v) is 21.3.